The Balaban J connectivity index is 2.67. The molecule has 0 saturated heterocycles. The normalized spacial score (nSPS) is 12.4. The van der Waals surface area contributed by atoms with E-state index in [1.807, 2.05) is 4.68 Å². The van der Waals surface area contributed by atoms with E-state index in [0.717, 1.165) is 36.6 Å². The standard InChI is InChI=1S/C14H24ClN3/c1-5-9-18-14(13(15)10-17-18)12(4)7-6-8-16-11(2)3/h7,10-11,16H,5-6,8-9H2,1-4H3. The van der Waals surface area contributed by atoms with Crippen LogP contribution in [-0.2, 0) is 6.54 Å². The van der Waals surface area contributed by atoms with Crippen LogP contribution in [0.15, 0.2) is 12.3 Å². The zero-order valence-corrected chi connectivity index (χ0v) is 12.6. The van der Waals surface area contributed by atoms with Crippen molar-refractivity contribution in [1.29, 1.82) is 0 Å². The van der Waals surface area contributed by atoms with Crippen LogP contribution < -0.4 is 5.32 Å². The van der Waals surface area contributed by atoms with Crippen molar-refractivity contribution in [1.82, 2.24) is 15.1 Å². The number of hydrogen-bond donors (Lipinski definition) is 1. The van der Waals surface area contributed by atoms with Crippen LogP contribution in [0.25, 0.3) is 5.57 Å². The molecule has 1 aromatic rings. The molecule has 1 rings (SSSR count). The minimum Gasteiger partial charge on any atom is -0.314 e. The van der Waals surface area contributed by atoms with E-state index >= 15 is 0 Å². The Morgan fingerprint density at radius 3 is 2.89 bits per heavy atom. The fraction of sp³-hybridized carbons (Fsp3) is 0.643. The Kier molecular flexibility index (Phi) is 6.44. The van der Waals surface area contributed by atoms with E-state index in [1.165, 1.54) is 5.57 Å². The zero-order chi connectivity index (χ0) is 13.5. The number of aryl methyl sites for hydroxylation is 1. The van der Waals surface area contributed by atoms with Crippen molar-refractivity contribution in [2.45, 2.75) is 53.1 Å². The fourth-order valence-electron chi connectivity index (χ4n) is 1.89. The molecular formula is C14H24ClN3. The van der Waals surface area contributed by atoms with Gasteiger partial charge in [0, 0.05) is 12.6 Å². The molecule has 1 N–H and O–H groups in total. The topological polar surface area (TPSA) is 29.9 Å². The van der Waals surface area contributed by atoms with Gasteiger partial charge in [-0.3, -0.25) is 4.68 Å². The second-order valence-corrected chi connectivity index (χ2v) is 5.26. The first-order valence-electron chi connectivity index (χ1n) is 6.68. The quantitative estimate of drug-likeness (QED) is 0.765. The van der Waals surface area contributed by atoms with Gasteiger partial charge >= 0.3 is 0 Å². The highest BCUT2D eigenvalue weighted by atomic mass is 35.5. The van der Waals surface area contributed by atoms with Crippen molar-refractivity contribution in [3.05, 3.63) is 23.0 Å². The van der Waals surface area contributed by atoms with Gasteiger partial charge in [-0.2, -0.15) is 5.10 Å². The third kappa shape index (κ3) is 4.46. The summed E-state index contributed by atoms with van der Waals surface area (Å²) in [6, 6.07) is 0.535. The van der Waals surface area contributed by atoms with E-state index in [9.17, 15) is 0 Å². The first-order chi connectivity index (χ1) is 8.56. The van der Waals surface area contributed by atoms with Gasteiger partial charge in [0.1, 0.15) is 0 Å². The molecule has 0 unspecified atom stereocenters. The lowest BCUT2D eigenvalue weighted by Crippen LogP contribution is -2.23. The molecule has 4 heteroatoms. The maximum Gasteiger partial charge on any atom is 0.0862 e. The van der Waals surface area contributed by atoms with Gasteiger partial charge in [0.2, 0.25) is 0 Å². The SMILES string of the molecule is CCCn1ncc(Cl)c1C(C)=CCCNC(C)C. The van der Waals surface area contributed by atoms with E-state index in [4.69, 9.17) is 11.6 Å². The van der Waals surface area contributed by atoms with Gasteiger partial charge in [0.25, 0.3) is 0 Å². The van der Waals surface area contributed by atoms with Crippen LogP contribution in [0.3, 0.4) is 0 Å². The molecule has 0 saturated carbocycles. The molecule has 3 nitrogen and oxygen atoms in total. The zero-order valence-electron chi connectivity index (χ0n) is 11.8. The molecule has 1 aromatic heterocycles. The van der Waals surface area contributed by atoms with E-state index in [0.29, 0.717) is 6.04 Å². The summed E-state index contributed by atoms with van der Waals surface area (Å²) in [6.07, 6.45) is 6.03. The number of allylic oxidation sites excluding steroid dienone is 1. The van der Waals surface area contributed by atoms with Gasteiger partial charge in [-0.25, -0.2) is 0 Å². The summed E-state index contributed by atoms with van der Waals surface area (Å²) < 4.78 is 1.99. The molecule has 0 aliphatic carbocycles. The van der Waals surface area contributed by atoms with E-state index < -0.39 is 0 Å². The molecule has 1 heterocycles. The summed E-state index contributed by atoms with van der Waals surface area (Å²) in [5.74, 6) is 0. The number of hydrogen-bond acceptors (Lipinski definition) is 2. The minimum atomic E-state index is 0.535. The summed E-state index contributed by atoms with van der Waals surface area (Å²) in [5.41, 5.74) is 2.26. The predicted molar refractivity (Wildman–Crippen MR) is 78.9 cm³/mol. The maximum absolute atomic E-state index is 6.20. The Bertz CT molecular complexity index is 394. The number of aromatic nitrogens is 2. The van der Waals surface area contributed by atoms with Gasteiger partial charge in [-0.15, -0.1) is 0 Å². The van der Waals surface area contributed by atoms with E-state index in [1.54, 1.807) is 6.20 Å². The van der Waals surface area contributed by atoms with Crippen molar-refractivity contribution in [2.24, 2.45) is 0 Å². The van der Waals surface area contributed by atoms with Crippen molar-refractivity contribution in [3.63, 3.8) is 0 Å². The molecule has 0 amide bonds. The average molecular weight is 270 g/mol. The number of nitrogens with one attached hydrogen (secondary N) is 1. The average Bonchev–Trinajstić information content (AvgIpc) is 2.66. The van der Waals surface area contributed by atoms with Crippen molar-refractivity contribution >= 4 is 17.2 Å². The lowest BCUT2D eigenvalue weighted by atomic mass is 10.1. The van der Waals surface area contributed by atoms with Crippen LogP contribution in [-0.4, -0.2) is 22.4 Å². The van der Waals surface area contributed by atoms with Crippen LogP contribution in [0.5, 0.6) is 0 Å². The van der Waals surface area contributed by atoms with Gasteiger partial charge in [0.05, 0.1) is 16.9 Å². The summed E-state index contributed by atoms with van der Waals surface area (Å²) in [5, 5.41) is 8.46. The van der Waals surface area contributed by atoms with Gasteiger partial charge in [0.15, 0.2) is 0 Å². The second-order valence-electron chi connectivity index (χ2n) is 4.85. The Hall–Kier alpha value is -0.800. The molecule has 0 aliphatic heterocycles. The monoisotopic (exact) mass is 269 g/mol. The highest BCUT2D eigenvalue weighted by Crippen LogP contribution is 2.23. The number of halogens is 1. The molecule has 0 radical (unpaired) electrons. The van der Waals surface area contributed by atoms with Crippen molar-refractivity contribution in [2.75, 3.05) is 6.54 Å². The Labute approximate surface area is 115 Å². The largest absolute Gasteiger partial charge is 0.314 e. The highest BCUT2D eigenvalue weighted by Gasteiger charge is 2.09. The number of rotatable bonds is 7. The highest BCUT2D eigenvalue weighted by molar-refractivity contribution is 6.32. The number of nitrogens with zero attached hydrogens (tertiary/aromatic N) is 2. The van der Waals surface area contributed by atoms with Crippen LogP contribution in [0.4, 0.5) is 0 Å². The molecule has 0 atom stereocenters. The molecule has 0 bridgehead atoms. The summed E-state index contributed by atoms with van der Waals surface area (Å²) in [6.45, 7) is 10.5. The lowest BCUT2D eigenvalue weighted by molar-refractivity contribution is 0.591. The van der Waals surface area contributed by atoms with Gasteiger partial charge < -0.3 is 5.32 Å². The van der Waals surface area contributed by atoms with Crippen LogP contribution in [0.2, 0.25) is 5.02 Å². The van der Waals surface area contributed by atoms with E-state index in [-0.39, 0.29) is 0 Å². The summed E-state index contributed by atoms with van der Waals surface area (Å²) in [4.78, 5) is 0. The Morgan fingerprint density at radius 1 is 1.56 bits per heavy atom. The third-order valence-corrected chi connectivity index (χ3v) is 3.03. The molecule has 0 spiro atoms. The smallest absolute Gasteiger partial charge is 0.0862 e. The molecule has 18 heavy (non-hydrogen) atoms. The fourth-order valence-corrected chi connectivity index (χ4v) is 2.18. The predicted octanol–water partition coefficient (Wildman–Crippen LogP) is 3.74. The summed E-state index contributed by atoms with van der Waals surface area (Å²) >= 11 is 6.20. The molecule has 0 fully saturated rings. The van der Waals surface area contributed by atoms with E-state index in [2.05, 4.69) is 44.2 Å². The molecule has 0 aliphatic rings. The van der Waals surface area contributed by atoms with Crippen LogP contribution in [0.1, 0.15) is 46.2 Å². The summed E-state index contributed by atoms with van der Waals surface area (Å²) in [7, 11) is 0. The molecular weight excluding hydrogens is 246 g/mol. The minimum absolute atomic E-state index is 0.535. The van der Waals surface area contributed by atoms with Crippen LogP contribution in [0, 0.1) is 0 Å². The second kappa shape index (κ2) is 7.59. The third-order valence-electron chi connectivity index (χ3n) is 2.75. The Morgan fingerprint density at radius 2 is 2.28 bits per heavy atom. The first kappa shape index (κ1) is 15.3. The molecule has 0 aromatic carbocycles. The van der Waals surface area contributed by atoms with Crippen molar-refractivity contribution in [3.8, 4) is 0 Å². The van der Waals surface area contributed by atoms with Gasteiger partial charge in [-0.1, -0.05) is 38.4 Å². The van der Waals surface area contributed by atoms with Crippen LogP contribution >= 0.6 is 11.6 Å². The molecule has 102 valence electrons. The van der Waals surface area contributed by atoms with Crippen molar-refractivity contribution < 1.29 is 0 Å². The van der Waals surface area contributed by atoms with Gasteiger partial charge in [-0.05, 0) is 31.9 Å². The first-order valence-corrected chi connectivity index (χ1v) is 7.05. The maximum atomic E-state index is 6.20. The lowest BCUT2D eigenvalue weighted by Gasteiger charge is -2.09.